The molecule has 0 amide bonds. The van der Waals surface area contributed by atoms with Crippen LogP contribution in [0.15, 0.2) is 71.8 Å². The van der Waals surface area contributed by atoms with Crippen LogP contribution in [0, 0.1) is 17.8 Å². The van der Waals surface area contributed by atoms with Crippen molar-refractivity contribution in [2.24, 2.45) is 0 Å². The van der Waals surface area contributed by atoms with E-state index in [1.807, 2.05) is 30.3 Å². The molecule has 6 heteroatoms. The Morgan fingerprint density at radius 2 is 1.70 bits per heavy atom. The number of hydrogen-bond donors (Lipinski definition) is 2. The number of nitrogens with zero attached hydrogens (tertiary/aromatic N) is 1. The van der Waals surface area contributed by atoms with Crippen LogP contribution in [0.5, 0.6) is 0 Å². The van der Waals surface area contributed by atoms with Gasteiger partial charge in [0.05, 0.1) is 17.0 Å². The Hall–Kier alpha value is -3.30. The summed E-state index contributed by atoms with van der Waals surface area (Å²) in [5.41, 5.74) is 2.36. The van der Waals surface area contributed by atoms with Crippen molar-refractivity contribution < 1.29 is 14.7 Å². The first-order valence-electron chi connectivity index (χ1n) is 8.10. The molecule has 0 saturated carbocycles. The molecule has 27 heavy (non-hydrogen) atoms. The van der Waals surface area contributed by atoms with Crippen molar-refractivity contribution in [1.29, 1.82) is 5.26 Å². The van der Waals surface area contributed by atoms with E-state index < -0.39 is 11.2 Å². The summed E-state index contributed by atoms with van der Waals surface area (Å²) in [7, 11) is 0. The van der Waals surface area contributed by atoms with Crippen LogP contribution in [0.4, 0.5) is 0 Å². The van der Waals surface area contributed by atoms with Gasteiger partial charge in [-0.3, -0.25) is 9.59 Å². The normalized spacial score (nSPS) is 11.5. The maximum absolute atomic E-state index is 12.3. The molecule has 1 aromatic heterocycles. The zero-order chi connectivity index (χ0) is 19.2. The van der Waals surface area contributed by atoms with Gasteiger partial charge < -0.3 is 10.1 Å². The summed E-state index contributed by atoms with van der Waals surface area (Å²) in [6, 6.07) is 21.6. The van der Waals surface area contributed by atoms with E-state index in [4.69, 9.17) is 0 Å². The van der Waals surface area contributed by atoms with Crippen molar-refractivity contribution in [3.05, 3.63) is 84.3 Å². The number of carbonyl (C=O) groups excluding carboxylic acids is 1. The standard InChI is InChI=1S/C21H15N2O3S/c22-13-16-11-17(14-7-3-1-4-8-14)23-20(16)27-19(21(25)26)12-18(24)15-9-5-2-6-10-15/h1-12,19,23H,(H,25,26). The van der Waals surface area contributed by atoms with Gasteiger partial charge in [-0.1, -0.05) is 72.4 Å². The van der Waals surface area contributed by atoms with Crippen LogP contribution in [-0.2, 0) is 4.79 Å². The average Bonchev–Trinajstić information content (AvgIpc) is 3.11. The third kappa shape index (κ3) is 4.46. The SMILES string of the molecule is N#Cc1cc(-c2ccccc2)[nH]c1SC([CH]C(=O)c1ccccc1)C(=O)O. The third-order valence-electron chi connectivity index (χ3n) is 3.84. The van der Waals surface area contributed by atoms with Gasteiger partial charge in [-0.2, -0.15) is 5.26 Å². The molecule has 2 N–H and O–H groups in total. The lowest BCUT2D eigenvalue weighted by molar-refractivity contribution is -0.135. The number of carbonyl (C=O) groups is 2. The Balaban J connectivity index is 1.83. The lowest BCUT2D eigenvalue weighted by Gasteiger charge is -2.10. The lowest BCUT2D eigenvalue weighted by atomic mass is 10.1. The Morgan fingerprint density at radius 3 is 2.30 bits per heavy atom. The van der Waals surface area contributed by atoms with Gasteiger partial charge in [-0.25, -0.2) is 0 Å². The van der Waals surface area contributed by atoms with E-state index in [9.17, 15) is 20.0 Å². The number of carboxylic acids is 1. The smallest absolute Gasteiger partial charge is 0.317 e. The number of carboxylic acid groups (broad SMARTS) is 1. The number of aromatic amines is 1. The van der Waals surface area contributed by atoms with Gasteiger partial charge in [0, 0.05) is 11.3 Å². The number of aliphatic carboxylic acids is 1. The van der Waals surface area contributed by atoms with E-state index in [1.54, 1.807) is 36.4 Å². The van der Waals surface area contributed by atoms with Crippen molar-refractivity contribution in [3.8, 4) is 17.3 Å². The fraction of sp³-hybridized carbons (Fsp3) is 0.0476. The second-order valence-corrected chi connectivity index (χ2v) is 6.83. The predicted octanol–water partition coefficient (Wildman–Crippen LogP) is 4.19. The molecular weight excluding hydrogens is 360 g/mol. The second-order valence-electron chi connectivity index (χ2n) is 5.68. The largest absolute Gasteiger partial charge is 0.480 e. The molecule has 133 valence electrons. The molecule has 0 aliphatic rings. The Labute approximate surface area is 160 Å². The monoisotopic (exact) mass is 375 g/mol. The third-order valence-corrected chi connectivity index (χ3v) is 4.99. The number of thioether (sulfide) groups is 1. The molecule has 0 spiro atoms. The molecule has 1 unspecified atom stereocenters. The molecule has 3 aromatic rings. The molecule has 0 aliphatic heterocycles. The van der Waals surface area contributed by atoms with Crippen LogP contribution in [0.2, 0.25) is 0 Å². The van der Waals surface area contributed by atoms with Gasteiger partial charge in [0.2, 0.25) is 0 Å². The van der Waals surface area contributed by atoms with Crippen LogP contribution >= 0.6 is 11.8 Å². The molecule has 5 nitrogen and oxygen atoms in total. The van der Waals surface area contributed by atoms with Crippen LogP contribution < -0.4 is 0 Å². The summed E-state index contributed by atoms with van der Waals surface area (Å²) in [5, 5.41) is 18.2. The molecule has 3 rings (SSSR count). The highest BCUT2D eigenvalue weighted by molar-refractivity contribution is 8.00. The molecule has 1 radical (unpaired) electrons. The van der Waals surface area contributed by atoms with Crippen molar-refractivity contribution in [2.45, 2.75) is 10.3 Å². The number of benzene rings is 2. The number of H-pyrrole nitrogens is 1. The van der Waals surface area contributed by atoms with Crippen LogP contribution in [0.1, 0.15) is 15.9 Å². The Kier molecular flexibility index (Phi) is 5.74. The minimum Gasteiger partial charge on any atom is -0.480 e. The zero-order valence-electron chi connectivity index (χ0n) is 14.1. The Morgan fingerprint density at radius 1 is 1.07 bits per heavy atom. The number of hydrogen-bond acceptors (Lipinski definition) is 4. The minimum atomic E-state index is -1.15. The Bertz CT molecular complexity index is 991. The highest BCUT2D eigenvalue weighted by atomic mass is 32.2. The number of ketones is 1. The average molecular weight is 375 g/mol. The van der Waals surface area contributed by atoms with Gasteiger partial charge >= 0.3 is 5.97 Å². The molecule has 1 atom stereocenters. The lowest BCUT2D eigenvalue weighted by Crippen LogP contribution is -2.21. The van der Waals surface area contributed by atoms with Gasteiger partial charge in [0.15, 0.2) is 5.78 Å². The first-order valence-corrected chi connectivity index (χ1v) is 8.98. The van der Waals surface area contributed by atoms with Gasteiger partial charge in [0.1, 0.15) is 11.3 Å². The summed E-state index contributed by atoms with van der Waals surface area (Å²) in [5.74, 6) is -1.52. The predicted molar refractivity (Wildman–Crippen MR) is 103 cm³/mol. The van der Waals surface area contributed by atoms with Gasteiger partial charge in [-0.05, 0) is 11.6 Å². The topological polar surface area (TPSA) is 94.0 Å². The summed E-state index contributed by atoms with van der Waals surface area (Å²) < 4.78 is 0. The number of aromatic nitrogens is 1. The maximum Gasteiger partial charge on any atom is 0.317 e. The fourth-order valence-corrected chi connectivity index (χ4v) is 3.45. The molecule has 0 aliphatic carbocycles. The summed E-state index contributed by atoms with van der Waals surface area (Å²) in [4.78, 5) is 27.1. The number of Topliss-reactive ketones (excluding diaryl/α,β-unsaturated/α-hetero) is 1. The number of nitrogens with one attached hydrogen (secondary N) is 1. The summed E-state index contributed by atoms with van der Waals surface area (Å²) >= 11 is 0.933. The maximum atomic E-state index is 12.3. The van der Waals surface area contributed by atoms with Crippen molar-refractivity contribution in [1.82, 2.24) is 4.98 Å². The molecule has 1 heterocycles. The zero-order valence-corrected chi connectivity index (χ0v) is 14.9. The first-order chi connectivity index (χ1) is 13.1. The molecular formula is C21H15N2O3S. The van der Waals surface area contributed by atoms with E-state index in [0.717, 1.165) is 23.7 Å². The van der Waals surface area contributed by atoms with E-state index in [0.29, 0.717) is 21.8 Å². The van der Waals surface area contributed by atoms with Crippen LogP contribution in [0.3, 0.4) is 0 Å². The van der Waals surface area contributed by atoms with E-state index in [2.05, 4.69) is 11.1 Å². The number of nitriles is 1. The van der Waals surface area contributed by atoms with E-state index in [1.165, 1.54) is 0 Å². The molecule has 0 fully saturated rings. The van der Waals surface area contributed by atoms with Gasteiger partial charge in [-0.15, -0.1) is 0 Å². The highest BCUT2D eigenvalue weighted by Crippen LogP contribution is 2.32. The summed E-state index contributed by atoms with van der Waals surface area (Å²) in [6.07, 6.45) is 1.16. The first kappa shape index (κ1) is 18.5. The van der Waals surface area contributed by atoms with Crippen molar-refractivity contribution in [2.75, 3.05) is 0 Å². The molecule has 2 aromatic carbocycles. The van der Waals surface area contributed by atoms with Crippen LogP contribution in [0.25, 0.3) is 11.3 Å². The number of rotatable bonds is 7. The fourth-order valence-electron chi connectivity index (χ4n) is 2.50. The molecule has 0 saturated heterocycles. The second kappa shape index (κ2) is 8.39. The van der Waals surface area contributed by atoms with E-state index >= 15 is 0 Å². The summed E-state index contributed by atoms with van der Waals surface area (Å²) in [6.45, 7) is 0. The van der Waals surface area contributed by atoms with Crippen molar-refractivity contribution in [3.63, 3.8) is 0 Å². The highest BCUT2D eigenvalue weighted by Gasteiger charge is 2.26. The van der Waals surface area contributed by atoms with Gasteiger partial charge in [0.25, 0.3) is 0 Å². The van der Waals surface area contributed by atoms with E-state index in [-0.39, 0.29) is 5.78 Å². The van der Waals surface area contributed by atoms with Crippen molar-refractivity contribution >= 4 is 23.5 Å². The van der Waals surface area contributed by atoms with Crippen LogP contribution in [-0.4, -0.2) is 27.1 Å². The minimum absolute atomic E-state index is 0.339. The molecule has 0 bridgehead atoms. The quantitative estimate of drug-likeness (QED) is 0.477.